The summed E-state index contributed by atoms with van der Waals surface area (Å²) in [6.07, 6.45) is -3.56. The van der Waals surface area contributed by atoms with Crippen molar-refractivity contribution in [2.45, 2.75) is 43.8 Å². The van der Waals surface area contributed by atoms with Gasteiger partial charge in [-0.3, -0.25) is 9.69 Å². The highest BCUT2D eigenvalue weighted by Gasteiger charge is 2.32. The van der Waals surface area contributed by atoms with Crippen molar-refractivity contribution in [1.29, 1.82) is 0 Å². The number of halogens is 3. The Kier molecular flexibility index (Phi) is 5.31. The van der Waals surface area contributed by atoms with E-state index in [1.807, 2.05) is 0 Å². The Morgan fingerprint density at radius 1 is 1.32 bits per heavy atom. The second-order valence-electron chi connectivity index (χ2n) is 6.77. The minimum absolute atomic E-state index is 0.0292. The van der Waals surface area contributed by atoms with Crippen molar-refractivity contribution in [3.05, 3.63) is 35.4 Å². The lowest BCUT2D eigenvalue weighted by atomic mass is 10.1. The van der Waals surface area contributed by atoms with E-state index in [2.05, 4.69) is 15.5 Å². The lowest BCUT2D eigenvalue weighted by Crippen LogP contribution is -2.46. The minimum Gasteiger partial charge on any atom is -0.392 e. The Balaban J connectivity index is 1.47. The number of hydrogen-bond acceptors (Lipinski definition) is 4. The van der Waals surface area contributed by atoms with E-state index in [-0.39, 0.29) is 18.0 Å². The first-order valence-electron chi connectivity index (χ1n) is 8.41. The monoisotopic (exact) mass is 357 g/mol. The zero-order valence-electron chi connectivity index (χ0n) is 13.7. The van der Waals surface area contributed by atoms with E-state index < -0.39 is 17.8 Å². The van der Waals surface area contributed by atoms with E-state index in [1.165, 1.54) is 12.1 Å². The number of alkyl halides is 3. The summed E-state index contributed by atoms with van der Waals surface area (Å²) in [7, 11) is 0. The van der Waals surface area contributed by atoms with Gasteiger partial charge in [0.15, 0.2) is 0 Å². The van der Waals surface area contributed by atoms with E-state index in [0.29, 0.717) is 26.1 Å². The lowest BCUT2D eigenvalue weighted by molar-refractivity contribution is -0.137. The fourth-order valence-corrected chi connectivity index (χ4v) is 3.37. The summed E-state index contributed by atoms with van der Waals surface area (Å²) in [6, 6.07) is 4.88. The van der Waals surface area contributed by atoms with Gasteiger partial charge < -0.3 is 15.7 Å². The number of benzene rings is 1. The molecule has 0 radical (unpaired) electrons. The van der Waals surface area contributed by atoms with Gasteiger partial charge in [-0.25, -0.2) is 0 Å². The summed E-state index contributed by atoms with van der Waals surface area (Å²) in [5.74, 6) is -0.0991. The summed E-state index contributed by atoms with van der Waals surface area (Å²) < 4.78 is 37.7. The molecule has 3 atom stereocenters. The van der Waals surface area contributed by atoms with Crippen molar-refractivity contribution in [3.8, 4) is 0 Å². The van der Waals surface area contributed by atoms with Gasteiger partial charge in [0.05, 0.1) is 17.7 Å². The van der Waals surface area contributed by atoms with Crippen LogP contribution in [-0.4, -0.2) is 53.7 Å². The molecule has 2 fully saturated rings. The SMILES string of the molecule is O=C(NC1CCN(Cc2ccc(C(F)(F)F)cc2)C1)C1CC(O)CN1. The summed E-state index contributed by atoms with van der Waals surface area (Å²) in [5.41, 5.74) is 0.176. The predicted molar refractivity (Wildman–Crippen MR) is 85.7 cm³/mol. The van der Waals surface area contributed by atoms with Crippen LogP contribution in [0.5, 0.6) is 0 Å². The molecule has 1 aromatic rings. The van der Waals surface area contributed by atoms with Crippen LogP contribution in [-0.2, 0) is 17.5 Å². The summed E-state index contributed by atoms with van der Waals surface area (Å²) in [6.45, 7) is 2.45. The van der Waals surface area contributed by atoms with Gasteiger partial charge in [-0.2, -0.15) is 13.2 Å². The van der Waals surface area contributed by atoms with Crippen LogP contribution in [0.25, 0.3) is 0 Å². The molecular formula is C17H22F3N3O2. The lowest BCUT2D eigenvalue weighted by Gasteiger charge is -2.18. The third-order valence-corrected chi connectivity index (χ3v) is 4.73. The fourth-order valence-electron chi connectivity index (χ4n) is 3.37. The molecule has 0 aliphatic carbocycles. The van der Waals surface area contributed by atoms with Crippen LogP contribution >= 0.6 is 0 Å². The molecule has 2 aliphatic rings. The number of carbonyl (C=O) groups is 1. The Labute approximate surface area is 144 Å². The van der Waals surface area contributed by atoms with E-state index in [4.69, 9.17) is 0 Å². The van der Waals surface area contributed by atoms with Gasteiger partial charge in [-0.1, -0.05) is 12.1 Å². The first-order chi connectivity index (χ1) is 11.8. The highest BCUT2D eigenvalue weighted by atomic mass is 19.4. The first-order valence-corrected chi connectivity index (χ1v) is 8.41. The van der Waals surface area contributed by atoms with E-state index in [9.17, 15) is 23.1 Å². The van der Waals surface area contributed by atoms with Crippen LogP contribution in [0, 0.1) is 0 Å². The molecule has 2 heterocycles. The van der Waals surface area contributed by atoms with Gasteiger partial charge in [-0.05, 0) is 30.5 Å². The number of nitrogens with zero attached hydrogens (tertiary/aromatic N) is 1. The van der Waals surface area contributed by atoms with E-state index in [1.54, 1.807) is 0 Å². The zero-order valence-corrected chi connectivity index (χ0v) is 13.7. The van der Waals surface area contributed by atoms with Crippen LogP contribution < -0.4 is 10.6 Å². The quantitative estimate of drug-likeness (QED) is 0.756. The average molecular weight is 357 g/mol. The maximum Gasteiger partial charge on any atom is 0.416 e. The van der Waals surface area contributed by atoms with Crippen molar-refractivity contribution in [3.63, 3.8) is 0 Å². The Morgan fingerprint density at radius 3 is 2.64 bits per heavy atom. The number of β-amino-alcohol motifs (C(OH)–C–C–N with tert-alkyl or cyclic N) is 1. The number of carbonyl (C=O) groups excluding carboxylic acids is 1. The number of likely N-dealkylation sites (tertiary alicyclic amines) is 1. The second-order valence-corrected chi connectivity index (χ2v) is 6.77. The normalized spacial score (nSPS) is 27.6. The van der Waals surface area contributed by atoms with Crippen molar-refractivity contribution >= 4 is 5.91 Å². The molecule has 1 aromatic carbocycles. The van der Waals surface area contributed by atoms with Gasteiger partial charge in [0.2, 0.25) is 5.91 Å². The molecule has 138 valence electrons. The van der Waals surface area contributed by atoms with Crippen LogP contribution in [0.2, 0.25) is 0 Å². The average Bonchev–Trinajstić information content (AvgIpc) is 3.16. The molecule has 2 saturated heterocycles. The van der Waals surface area contributed by atoms with Gasteiger partial charge in [0.1, 0.15) is 0 Å². The highest BCUT2D eigenvalue weighted by molar-refractivity contribution is 5.82. The van der Waals surface area contributed by atoms with Crippen molar-refractivity contribution in [2.75, 3.05) is 19.6 Å². The molecule has 3 N–H and O–H groups in total. The topological polar surface area (TPSA) is 64.6 Å². The van der Waals surface area contributed by atoms with Crippen molar-refractivity contribution in [2.24, 2.45) is 0 Å². The van der Waals surface area contributed by atoms with Gasteiger partial charge in [0, 0.05) is 32.2 Å². The molecule has 5 nitrogen and oxygen atoms in total. The van der Waals surface area contributed by atoms with Crippen molar-refractivity contribution in [1.82, 2.24) is 15.5 Å². The summed E-state index contributed by atoms with van der Waals surface area (Å²) in [5, 5.41) is 15.4. The Morgan fingerprint density at radius 2 is 2.04 bits per heavy atom. The molecule has 8 heteroatoms. The van der Waals surface area contributed by atoms with Crippen molar-refractivity contribution < 1.29 is 23.1 Å². The molecule has 3 unspecified atom stereocenters. The molecule has 1 amide bonds. The standard InChI is InChI=1S/C17H22F3N3O2/c18-17(19,20)12-3-1-11(2-4-12)9-23-6-5-13(10-23)22-16(25)15-7-14(24)8-21-15/h1-4,13-15,21,24H,5-10H2,(H,22,25). The number of amides is 1. The number of hydrogen-bond donors (Lipinski definition) is 3. The molecule has 3 rings (SSSR count). The smallest absolute Gasteiger partial charge is 0.392 e. The maximum atomic E-state index is 12.6. The van der Waals surface area contributed by atoms with Crippen LogP contribution in [0.4, 0.5) is 13.2 Å². The van der Waals surface area contributed by atoms with Gasteiger partial charge >= 0.3 is 6.18 Å². The van der Waals surface area contributed by atoms with E-state index >= 15 is 0 Å². The fraction of sp³-hybridized carbons (Fsp3) is 0.588. The molecule has 0 aromatic heterocycles. The Bertz CT molecular complexity index is 606. The first kappa shape index (κ1) is 18.2. The molecule has 25 heavy (non-hydrogen) atoms. The molecule has 0 saturated carbocycles. The van der Waals surface area contributed by atoms with Crippen LogP contribution in [0.3, 0.4) is 0 Å². The number of aliphatic hydroxyl groups is 1. The van der Waals surface area contributed by atoms with E-state index in [0.717, 1.165) is 30.7 Å². The molecular weight excluding hydrogens is 335 g/mol. The Hall–Kier alpha value is -1.64. The summed E-state index contributed by atoms with van der Waals surface area (Å²) >= 11 is 0. The maximum absolute atomic E-state index is 12.6. The number of nitrogens with one attached hydrogen (secondary N) is 2. The third kappa shape index (κ3) is 4.71. The zero-order chi connectivity index (χ0) is 18.0. The van der Waals surface area contributed by atoms with Crippen LogP contribution in [0.15, 0.2) is 24.3 Å². The minimum atomic E-state index is -4.32. The van der Waals surface area contributed by atoms with Crippen LogP contribution in [0.1, 0.15) is 24.0 Å². The summed E-state index contributed by atoms with van der Waals surface area (Å²) in [4.78, 5) is 14.2. The predicted octanol–water partition coefficient (Wildman–Crippen LogP) is 1.12. The molecule has 2 aliphatic heterocycles. The molecule has 0 bridgehead atoms. The molecule has 0 spiro atoms. The largest absolute Gasteiger partial charge is 0.416 e. The van der Waals surface area contributed by atoms with Gasteiger partial charge in [-0.15, -0.1) is 0 Å². The highest BCUT2D eigenvalue weighted by Crippen LogP contribution is 2.29. The number of rotatable bonds is 4. The second kappa shape index (κ2) is 7.31. The van der Waals surface area contributed by atoms with Gasteiger partial charge in [0.25, 0.3) is 0 Å². The number of aliphatic hydroxyl groups excluding tert-OH is 1. The third-order valence-electron chi connectivity index (χ3n) is 4.73.